The average Bonchev–Trinajstić information content (AvgIpc) is 2.26. The van der Waals surface area contributed by atoms with Gasteiger partial charge in [-0.05, 0) is 12.1 Å². The van der Waals surface area contributed by atoms with Gasteiger partial charge in [-0.25, -0.2) is 21.9 Å². The van der Waals surface area contributed by atoms with Gasteiger partial charge in [0.1, 0.15) is 10.6 Å². The molecule has 0 aliphatic heterocycles. The van der Waals surface area contributed by atoms with Crippen LogP contribution in [0, 0.1) is 0 Å². The lowest BCUT2D eigenvalue weighted by Gasteiger charge is -2.09. The average molecular weight is 266 g/mol. The van der Waals surface area contributed by atoms with Gasteiger partial charge in [0.25, 0.3) is 6.43 Å². The van der Waals surface area contributed by atoms with E-state index >= 15 is 0 Å². The van der Waals surface area contributed by atoms with Crippen molar-refractivity contribution in [1.29, 1.82) is 0 Å². The quantitative estimate of drug-likeness (QED) is 0.773. The highest BCUT2D eigenvalue weighted by Gasteiger charge is 2.19. The van der Waals surface area contributed by atoms with Crippen molar-refractivity contribution < 1.29 is 21.9 Å². The first-order chi connectivity index (χ1) is 7.86. The molecule has 0 aliphatic rings. The first-order valence-electron chi connectivity index (χ1n) is 4.58. The number of nitrogens with two attached hydrogens (primary N) is 1. The van der Waals surface area contributed by atoms with Crippen molar-refractivity contribution in [2.45, 2.75) is 11.3 Å². The molecular formula is C9H12F2N2O3S. The molecule has 1 aromatic rings. The molecule has 0 aromatic heterocycles. The second-order valence-electron chi connectivity index (χ2n) is 3.15. The third-order valence-electron chi connectivity index (χ3n) is 1.93. The fourth-order valence-corrected chi connectivity index (χ4v) is 2.27. The second kappa shape index (κ2) is 5.28. The lowest BCUT2D eigenvalue weighted by Crippen LogP contribution is -2.29. The maximum Gasteiger partial charge on any atom is 0.251 e. The van der Waals surface area contributed by atoms with Crippen molar-refractivity contribution in [3.63, 3.8) is 0 Å². The van der Waals surface area contributed by atoms with Crippen LogP contribution in [0.25, 0.3) is 0 Å². The van der Waals surface area contributed by atoms with E-state index in [9.17, 15) is 17.2 Å². The van der Waals surface area contributed by atoms with Crippen LogP contribution in [0.1, 0.15) is 0 Å². The molecule has 0 unspecified atom stereocenters. The molecule has 0 spiro atoms. The lowest BCUT2D eigenvalue weighted by atomic mass is 10.3. The lowest BCUT2D eigenvalue weighted by molar-refractivity contribution is 0.153. The number of ether oxygens (including phenoxy) is 1. The number of sulfonamides is 1. The Morgan fingerprint density at radius 1 is 1.47 bits per heavy atom. The Labute approximate surface area is 97.6 Å². The minimum Gasteiger partial charge on any atom is -0.497 e. The maximum absolute atomic E-state index is 11.9. The van der Waals surface area contributed by atoms with E-state index in [-0.39, 0.29) is 10.6 Å². The van der Waals surface area contributed by atoms with Gasteiger partial charge in [-0.2, -0.15) is 0 Å². The SMILES string of the molecule is COc1ccc(S(=O)(=O)NCC(F)F)c(N)c1. The van der Waals surface area contributed by atoms with E-state index in [1.54, 1.807) is 4.72 Å². The summed E-state index contributed by atoms with van der Waals surface area (Å²) >= 11 is 0. The molecule has 0 saturated carbocycles. The molecule has 1 rings (SSSR count). The van der Waals surface area contributed by atoms with Crippen LogP contribution in [0.3, 0.4) is 0 Å². The van der Waals surface area contributed by atoms with Gasteiger partial charge in [0.15, 0.2) is 0 Å². The zero-order valence-corrected chi connectivity index (χ0v) is 9.80. The van der Waals surface area contributed by atoms with E-state index in [1.807, 2.05) is 0 Å². The third-order valence-corrected chi connectivity index (χ3v) is 3.43. The van der Waals surface area contributed by atoms with Gasteiger partial charge in [-0.15, -0.1) is 0 Å². The van der Waals surface area contributed by atoms with Gasteiger partial charge in [-0.3, -0.25) is 0 Å². The van der Waals surface area contributed by atoms with E-state index in [0.29, 0.717) is 5.75 Å². The molecule has 5 nitrogen and oxygen atoms in total. The van der Waals surface area contributed by atoms with Gasteiger partial charge in [0.2, 0.25) is 10.0 Å². The Morgan fingerprint density at radius 2 is 2.12 bits per heavy atom. The van der Waals surface area contributed by atoms with Crippen LogP contribution in [-0.2, 0) is 10.0 Å². The smallest absolute Gasteiger partial charge is 0.251 e. The highest BCUT2D eigenvalue weighted by molar-refractivity contribution is 7.89. The van der Waals surface area contributed by atoms with Crippen LogP contribution in [0.4, 0.5) is 14.5 Å². The van der Waals surface area contributed by atoms with Crippen molar-refractivity contribution in [3.05, 3.63) is 18.2 Å². The van der Waals surface area contributed by atoms with Crippen molar-refractivity contribution in [3.8, 4) is 5.75 Å². The minimum absolute atomic E-state index is 0.0638. The van der Waals surface area contributed by atoms with Crippen molar-refractivity contribution in [1.82, 2.24) is 4.72 Å². The van der Waals surface area contributed by atoms with E-state index in [1.165, 1.54) is 25.3 Å². The molecule has 0 fully saturated rings. The predicted molar refractivity (Wildman–Crippen MR) is 58.6 cm³/mol. The topological polar surface area (TPSA) is 81.4 Å². The molecule has 1 aromatic carbocycles. The molecule has 0 amide bonds. The Morgan fingerprint density at radius 3 is 2.59 bits per heavy atom. The molecule has 0 bridgehead atoms. The van der Waals surface area contributed by atoms with Gasteiger partial charge in [0, 0.05) is 6.07 Å². The number of methoxy groups -OCH3 is 1. The summed E-state index contributed by atoms with van der Waals surface area (Å²) < 4.78 is 53.6. The van der Waals surface area contributed by atoms with Crippen molar-refractivity contribution in [2.75, 3.05) is 19.4 Å². The first-order valence-corrected chi connectivity index (χ1v) is 6.06. The number of hydrogen-bond acceptors (Lipinski definition) is 4. The molecule has 0 saturated heterocycles. The van der Waals surface area contributed by atoms with E-state index in [2.05, 4.69) is 0 Å². The summed E-state index contributed by atoms with van der Waals surface area (Å²) in [5, 5.41) is 0. The van der Waals surface area contributed by atoms with Crippen LogP contribution < -0.4 is 15.2 Å². The molecule has 96 valence electrons. The Kier molecular flexibility index (Phi) is 4.24. The number of benzene rings is 1. The molecular weight excluding hydrogens is 254 g/mol. The Hall–Kier alpha value is -1.41. The highest BCUT2D eigenvalue weighted by Crippen LogP contribution is 2.23. The normalized spacial score (nSPS) is 11.8. The van der Waals surface area contributed by atoms with Crippen molar-refractivity contribution in [2.24, 2.45) is 0 Å². The summed E-state index contributed by atoms with van der Waals surface area (Å²) in [6.07, 6.45) is -2.76. The number of halogens is 2. The largest absolute Gasteiger partial charge is 0.497 e. The number of anilines is 1. The number of nitrogen functional groups attached to an aromatic ring is 1. The fourth-order valence-electron chi connectivity index (χ4n) is 1.15. The third kappa shape index (κ3) is 3.53. The molecule has 17 heavy (non-hydrogen) atoms. The summed E-state index contributed by atoms with van der Waals surface area (Å²) in [5.41, 5.74) is 5.44. The summed E-state index contributed by atoms with van der Waals surface area (Å²) in [5.74, 6) is 0.385. The van der Waals surface area contributed by atoms with Gasteiger partial charge < -0.3 is 10.5 Å². The van der Waals surface area contributed by atoms with Crippen LogP contribution in [0.5, 0.6) is 5.75 Å². The fraction of sp³-hybridized carbons (Fsp3) is 0.333. The summed E-state index contributed by atoms with van der Waals surface area (Å²) in [4.78, 5) is -0.251. The molecule has 0 aliphatic carbocycles. The summed E-state index contributed by atoms with van der Waals surface area (Å²) in [6, 6.07) is 3.88. The first kappa shape index (κ1) is 13.7. The van der Waals surface area contributed by atoms with E-state index in [4.69, 9.17) is 10.5 Å². The second-order valence-corrected chi connectivity index (χ2v) is 4.88. The molecule has 0 atom stereocenters. The molecule has 8 heteroatoms. The summed E-state index contributed by atoms with van der Waals surface area (Å²) in [7, 11) is -2.62. The number of hydrogen-bond donors (Lipinski definition) is 2. The van der Waals surface area contributed by atoms with Gasteiger partial charge in [-0.1, -0.05) is 0 Å². The van der Waals surface area contributed by atoms with Crippen LogP contribution in [0.15, 0.2) is 23.1 Å². The van der Waals surface area contributed by atoms with E-state index < -0.39 is 23.0 Å². The minimum atomic E-state index is -4.02. The van der Waals surface area contributed by atoms with E-state index in [0.717, 1.165) is 0 Å². The maximum atomic E-state index is 11.9. The zero-order chi connectivity index (χ0) is 13.1. The summed E-state index contributed by atoms with van der Waals surface area (Å²) in [6.45, 7) is -0.951. The Bertz CT molecular complexity index is 491. The number of rotatable bonds is 5. The van der Waals surface area contributed by atoms with Gasteiger partial charge in [0.05, 0.1) is 19.3 Å². The Balaban J connectivity index is 2.99. The molecule has 0 heterocycles. The predicted octanol–water partition coefficient (Wildman–Crippen LogP) is 0.821. The highest BCUT2D eigenvalue weighted by atomic mass is 32.2. The molecule has 0 radical (unpaired) electrons. The zero-order valence-electron chi connectivity index (χ0n) is 8.98. The van der Waals surface area contributed by atoms with Crippen molar-refractivity contribution >= 4 is 15.7 Å². The van der Waals surface area contributed by atoms with Crippen LogP contribution >= 0.6 is 0 Å². The van der Waals surface area contributed by atoms with Gasteiger partial charge >= 0.3 is 0 Å². The number of nitrogens with one attached hydrogen (secondary N) is 1. The number of alkyl halides is 2. The van der Waals surface area contributed by atoms with Crippen LogP contribution in [0.2, 0.25) is 0 Å². The standard InChI is InChI=1S/C9H12F2N2O3S/c1-16-6-2-3-8(7(12)4-6)17(14,15)13-5-9(10)11/h2-4,9,13H,5,12H2,1H3. The molecule has 3 N–H and O–H groups in total. The monoisotopic (exact) mass is 266 g/mol. The van der Waals surface area contributed by atoms with Crippen LogP contribution in [-0.4, -0.2) is 28.5 Å².